The average molecular weight is 726 g/mol. The minimum absolute atomic E-state index is 0.0658. The Hall–Kier alpha value is 0.905. The van der Waals surface area contributed by atoms with Crippen LogP contribution < -0.4 is 20.1 Å². The summed E-state index contributed by atoms with van der Waals surface area (Å²) in [5.41, 5.74) is 1.22. The van der Waals surface area contributed by atoms with Gasteiger partial charge in [-0.05, 0) is 55.7 Å². The Morgan fingerprint density at radius 1 is 0.875 bits per heavy atom. The zero-order valence-electron chi connectivity index (χ0n) is 28.5. The van der Waals surface area contributed by atoms with E-state index in [-0.39, 0.29) is 10.9 Å². The quantitative estimate of drug-likeness (QED) is 0.128. The number of unbranched alkanes of at least 4 members (excludes halogenated alkanes) is 4. The molecule has 0 saturated carbocycles. The molecule has 5 atom stereocenters. The first-order chi connectivity index (χ1) is 18.6. The number of hydrogen-bond donors (Lipinski definition) is 0. The lowest BCUT2D eigenvalue weighted by atomic mass is 9.49. The molecule has 1 heterocycles. The van der Waals surface area contributed by atoms with Gasteiger partial charge in [-0.2, -0.15) is 0 Å². The molecule has 235 valence electrons. The second kappa shape index (κ2) is 22.4. The number of ether oxygens (including phenoxy) is 2. The SMILES string of the molecule is CCC.CCCC1(C)CCc2c(I)c(OC(C)(P)[B]C(C)(C)CC)c(P)c(P)c2O1.CCCCC.CCCCC. The second-order valence-electron chi connectivity index (χ2n) is 12.3. The van der Waals surface area contributed by atoms with Gasteiger partial charge >= 0.3 is 0 Å². The van der Waals surface area contributed by atoms with Crippen molar-refractivity contribution in [2.75, 3.05) is 0 Å². The lowest BCUT2D eigenvalue weighted by molar-refractivity contribution is 0.0565. The van der Waals surface area contributed by atoms with Crippen molar-refractivity contribution >= 4 is 68.2 Å². The average Bonchev–Trinajstić information content (AvgIpc) is 2.87. The fourth-order valence-electron chi connectivity index (χ4n) is 4.43. The van der Waals surface area contributed by atoms with Crippen molar-refractivity contribution in [2.45, 2.75) is 176 Å². The molecule has 2 rings (SSSR count). The third kappa shape index (κ3) is 16.7. The molecule has 1 aliphatic heterocycles. The zero-order chi connectivity index (χ0) is 31.6. The summed E-state index contributed by atoms with van der Waals surface area (Å²) in [6.45, 7) is 26.4. The van der Waals surface area contributed by atoms with E-state index in [1.54, 1.807) is 0 Å². The van der Waals surface area contributed by atoms with Crippen LogP contribution in [-0.2, 0) is 6.42 Å². The number of fused-ring (bicyclic) bond motifs is 1. The van der Waals surface area contributed by atoms with E-state index < -0.39 is 5.24 Å². The van der Waals surface area contributed by atoms with E-state index in [2.05, 4.69) is 141 Å². The van der Waals surface area contributed by atoms with Crippen LogP contribution in [0.25, 0.3) is 0 Å². The fraction of sp³-hybridized carbons (Fsp3) is 0.818. The normalized spacial score (nSPS) is 17.3. The molecule has 1 radical (unpaired) electrons. The van der Waals surface area contributed by atoms with Gasteiger partial charge < -0.3 is 9.47 Å². The smallest absolute Gasteiger partial charge is 0.182 e. The van der Waals surface area contributed by atoms with Crippen molar-refractivity contribution in [3.63, 3.8) is 0 Å². The van der Waals surface area contributed by atoms with E-state index >= 15 is 0 Å². The van der Waals surface area contributed by atoms with Crippen molar-refractivity contribution in [2.24, 2.45) is 0 Å². The molecule has 40 heavy (non-hydrogen) atoms. The summed E-state index contributed by atoms with van der Waals surface area (Å²) in [6, 6.07) is 0. The van der Waals surface area contributed by atoms with Crippen LogP contribution in [0.5, 0.6) is 11.5 Å². The molecule has 0 spiro atoms. The molecule has 7 heteroatoms. The van der Waals surface area contributed by atoms with Gasteiger partial charge in [-0.15, -0.1) is 27.7 Å². The molecule has 0 N–H and O–H groups in total. The standard InChI is InChI=1S/C20H34BIO2P3.2C5H12.C3H8/c1-7-10-19(5)11-9-12-13(22)15(17(26)16(25)14(12)23-19)24-20(6,27)21-18(3,4)8-2;2*1-3-5-4-2;1-3-2/h7-11,25-27H2,1-6H3;2*3-5H2,1-2H3;3H2,1-2H3. The van der Waals surface area contributed by atoms with E-state index in [0.29, 0.717) is 0 Å². The number of halogens is 1. The Morgan fingerprint density at radius 2 is 1.35 bits per heavy atom. The first-order valence-electron chi connectivity index (χ1n) is 16.0. The topological polar surface area (TPSA) is 18.5 Å². The molecule has 1 aromatic rings. The second-order valence-corrected chi connectivity index (χ2v) is 15.6. The van der Waals surface area contributed by atoms with Crippen molar-refractivity contribution in [3.8, 4) is 11.5 Å². The van der Waals surface area contributed by atoms with Crippen molar-refractivity contribution in [1.29, 1.82) is 0 Å². The monoisotopic (exact) mass is 725 g/mol. The fourth-order valence-corrected chi connectivity index (χ4v) is 6.90. The van der Waals surface area contributed by atoms with Crippen LogP contribution in [0.4, 0.5) is 0 Å². The molecule has 2 nitrogen and oxygen atoms in total. The van der Waals surface area contributed by atoms with Crippen LogP contribution in [-0.4, -0.2) is 18.1 Å². The Labute approximate surface area is 273 Å². The molecule has 0 amide bonds. The summed E-state index contributed by atoms with van der Waals surface area (Å²) in [4.78, 5) is 0. The summed E-state index contributed by atoms with van der Waals surface area (Å²) >= 11 is 2.44. The van der Waals surface area contributed by atoms with Crippen LogP contribution in [0.1, 0.15) is 159 Å². The number of hydrogen-bond acceptors (Lipinski definition) is 2. The van der Waals surface area contributed by atoms with Gasteiger partial charge in [0.05, 0.1) is 8.81 Å². The Kier molecular flexibility index (Phi) is 24.1. The highest BCUT2D eigenvalue weighted by molar-refractivity contribution is 14.1. The van der Waals surface area contributed by atoms with Crippen LogP contribution in [0.3, 0.4) is 0 Å². The maximum Gasteiger partial charge on any atom is 0.182 e. The lowest BCUT2D eigenvalue weighted by Gasteiger charge is -2.39. The van der Waals surface area contributed by atoms with Gasteiger partial charge in [0, 0.05) is 16.2 Å². The molecular formula is C33H66BIO2P3. The van der Waals surface area contributed by atoms with Gasteiger partial charge in [-0.25, -0.2) is 0 Å². The highest BCUT2D eigenvalue weighted by atomic mass is 127. The summed E-state index contributed by atoms with van der Waals surface area (Å²) in [5.74, 6) is 1.99. The highest BCUT2D eigenvalue weighted by Gasteiger charge is 2.37. The van der Waals surface area contributed by atoms with Gasteiger partial charge in [0.1, 0.15) is 17.1 Å². The molecule has 0 fully saturated rings. The number of benzene rings is 1. The maximum atomic E-state index is 6.56. The van der Waals surface area contributed by atoms with Gasteiger partial charge in [0.15, 0.2) is 7.28 Å². The summed E-state index contributed by atoms with van der Waals surface area (Å²) in [6.07, 6.45) is 14.8. The van der Waals surface area contributed by atoms with E-state index in [1.807, 2.05) is 0 Å². The van der Waals surface area contributed by atoms with E-state index in [4.69, 9.17) is 9.47 Å². The summed E-state index contributed by atoms with van der Waals surface area (Å²) < 4.78 is 14.3. The minimum atomic E-state index is -0.428. The van der Waals surface area contributed by atoms with Crippen LogP contribution in [0.15, 0.2) is 0 Å². The van der Waals surface area contributed by atoms with Crippen molar-refractivity contribution < 1.29 is 9.47 Å². The zero-order valence-corrected chi connectivity index (χ0v) is 34.1. The van der Waals surface area contributed by atoms with E-state index in [0.717, 1.165) is 54.2 Å². The van der Waals surface area contributed by atoms with Crippen LogP contribution >= 0.6 is 50.3 Å². The summed E-state index contributed by atoms with van der Waals surface area (Å²) in [7, 11) is 10.9. The van der Waals surface area contributed by atoms with Gasteiger partial charge in [0.2, 0.25) is 0 Å². The molecular weight excluding hydrogens is 659 g/mol. The van der Waals surface area contributed by atoms with Gasteiger partial charge in [-0.1, -0.05) is 132 Å². The lowest BCUT2D eigenvalue weighted by Crippen LogP contribution is -2.42. The maximum absolute atomic E-state index is 6.56. The van der Waals surface area contributed by atoms with Gasteiger partial charge in [0.25, 0.3) is 0 Å². The van der Waals surface area contributed by atoms with Crippen molar-refractivity contribution in [3.05, 3.63) is 9.13 Å². The Bertz CT molecular complexity index is 808. The highest BCUT2D eigenvalue weighted by Crippen LogP contribution is 2.43. The first kappa shape index (κ1) is 43.0. The minimum Gasteiger partial charge on any atom is -0.491 e. The summed E-state index contributed by atoms with van der Waals surface area (Å²) in [5, 5.41) is 1.86. The molecule has 0 bridgehead atoms. The largest absolute Gasteiger partial charge is 0.491 e. The van der Waals surface area contributed by atoms with E-state index in [9.17, 15) is 0 Å². The molecule has 5 unspecified atom stereocenters. The molecule has 0 aromatic heterocycles. The van der Waals surface area contributed by atoms with Crippen LogP contribution in [0, 0.1) is 3.57 Å². The molecule has 0 aliphatic carbocycles. The third-order valence-corrected chi connectivity index (χ3v) is 9.78. The number of rotatable bonds is 11. The predicted molar refractivity (Wildman–Crippen MR) is 205 cm³/mol. The Morgan fingerprint density at radius 3 is 1.73 bits per heavy atom. The first-order valence-corrected chi connectivity index (χ1v) is 18.8. The Balaban J connectivity index is 0. The van der Waals surface area contributed by atoms with Gasteiger partial charge in [-0.3, -0.25) is 0 Å². The molecule has 0 saturated heterocycles. The third-order valence-electron chi connectivity index (χ3n) is 6.87. The van der Waals surface area contributed by atoms with Crippen LogP contribution in [0.2, 0.25) is 5.31 Å². The molecule has 1 aromatic carbocycles. The van der Waals surface area contributed by atoms with E-state index in [1.165, 1.54) is 54.1 Å². The van der Waals surface area contributed by atoms with Crippen molar-refractivity contribution in [1.82, 2.24) is 0 Å². The molecule has 1 aliphatic rings. The predicted octanol–water partition coefficient (Wildman–Crippen LogP) is 11.2.